The number of carboxylic acids is 1. The van der Waals surface area contributed by atoms with E-state index in [-0.39, 0.29) is 19.0 Å². The van der Waals surface area contributed by atoms with Crippen molar-refractivity contribution in [1.29, 1.82) is 0 Å². The van der Waals surface area contributed by atoms with Crippen LogP contribution in [0.3, 0.4) is 0 Å². The van der Waals surface area contributed by atoms with E-state index in [2.05, 4.69) is 27.1 Å². The molecule has 1 saturated carbocycles. The monoisotopic (exact) mass is 359 g/mol. The number of hydrogen-bond donors (Lipinski definition) is 2. The second-order valence-corrected chi connectivity index (χ2v) is 6.93. The van der Waals surface area contributed by atoms with Crippen LogP contribution < -0.4 is 5.32 Å². The Balaban J connectivity index is 1.66. The summed E-state index contributed by atoms with van der Waals surface area (Å²) in [6.07, 6.45) is 7.66. The van der Waals surface area contributed by atoms with Gasteiger partial charge in [0.2, 0.25) is 0 Å². The van der Waals surface area contributed by atoms with Gasteiger partial charge in [-0.2, -0.15) is 0 Å². The Hall–Kier alpha value is -2.64. The number of amides is 1. The predicted molar refractivity (Wildman–Crippen MR) is 94.9 cm³/mol. The Morgan fingerprint density at radius 3 is 2.69 bits per heavy atom. The van der Waals surface area contributed by atoms with Crippen molar-refractivity contribution in [2.75, 3.05) is 0 Å². The Morgan fingerprint density at radius 1 is 1.27 bits per heavy atom. The molecule has 0 atom stereocenters. The fourth-order valence-electron chi connectivity index (χ4n) is 3.81. The summed E-state index contributed by atoms with van der Waals surface area (Å²) in [4.78, 5) is 23.3. The molecule has 1 amide bonds. The maximum Gasteiger partial charge on any atom is 0.325 e. The van der Waals surface area contributed by atoms with Crippen molar-refractivity contribution in [3.8, 4) is 0 Å². The van der Waals surface area contributed by atoms with Gasteiger partial charge in [0.25, 0.3) is 5.91 Å². The molecule has 8 nitrogen and oxygen atoms in total. The third kappa shape index (κ3) is 3.95. The first kappa shape index (κ1) is 18.2. The lowest BCUT2D eigenvalue weighted by molar-refractivity contribution is -0.137. The molecule has 2 N–H and O–H groups in total. The van der Waals surface area contributed by atoms with Crippen LogP contribution in [0.25, 0.3) is 0 Å². The van der Waals surface area contributed by atoms with Gasteiger partial charge in [0.15, 0.2) is 0 Å². The van der Waals surface area contributed by atoms with Crippen molar-refractivity contribution < 1.29 is 14.7 Å². The molecule has 1 fully saturated rings. The molecule has 2 aromatic rings. The summed E-state index contributed by atoms with van der Waals surface area (Å²) < 4.78 is 3.54. The van der Waals surface area contributed by atoms with Gasteiger partial charge in [0.05, 0.1) is 18.3 Å². The van der Waals surface area contributed by atoms with Crippen molar-refractivity contribution >= 4 is 11.9 Å². The van der Waals surface area contributed by atoms with E-state index in [0.717, 1.165) is 11.4 Å². The number of rotatable bonds is 6. The minimum Gasteiger partial charge on any atom is -0.480 e. The highest BCUT2D eigenvalue weighted by molar-refractivity contribution is 5.95. The van der Waals surface area contributed by atoms with Gasteiger partial charge in [-0.1, -0.05) is 24.5 Å². The zero-order valence-electron chi connectivity index (χ0n) is 15.2. The molecule has 0 spiro atoms. The van der Waals surface area contributed by atoms with Crippen LogP contribution in [-0.4, -0.2) is 36.5 Å². The van der Waals surface area contributed by atoms with Gasteiger partial charge in [-0.3, -0.25) is 9.59 Å². The van der Waals surface area contributed by atoms with E-state index in [1.165, 1.54) is 43.0 Å². The van der Waals surface area contributed by atoms with Gasteiger partial charge in [0, 0.05) is 17.4 Å². The molecule has 0 aliphatic heterocycles. The maximum atomic E-state index is 12.6. The molecule has 0 aromatic carbocycles. The number of carboxylic acid groups (broad SMARTS) is 1. The van der Waals surface area contributed by atoms with E-state index in [0.29, 0.717) is 17.3 Å². The normalized spacial score (nSPS) is 15.2. The predicted octanol–water partition coefficient (Wildman–Crippen LogP) is 2.22. The van der Waals surface area contributed by atoms with Crippen LogP contribution in [0.2, 0.25) is 0 Å². The van der Waals surface area contributed by atoms with E-state index in [1.54, 1.807) is 0 Å². The number of hydrogen-bond acceptors (Lipinski definition) is 4. The summed E-state index contributed by atoms with van der Waals surface area (Å²) in [6, 6.07) is 2.43. The Morgan fingerprint density at radius 2 is 2.00 bits per heavy atom. The summed E-state index contributed by atoms with van der Waals surface area (Å²) in [5, 5.41) is 19.2. The number of nitrogens with one attached hydrogen (secondary N) is 1. The van der Waals surface area contributed by atoms with Crippen LogP contribution in [-0.2, 0) is 17.9 Å². The molecular formula is C18H25N5O3. The second kappa shape index (κ2) is 7.72. The first-order chi connectivity index (χ1) is 12.5. The van der Waals surface area contributed by atoms with E-state index >= 15 is 0 Å². The molecule has 1 aliphatic carbocycles. The van der Waals surface area contributed by atoms with Crippen molar-refractivity contribution in [3.63, 3.8) is 0 Å². The number of nitrogens with zero attached hydrogens (tertiary/aromatic N) is 4. The minimum atomic E-state index is -0.986. The van der Waals surface area contributed by atoms with Crippen LogP contribution >= 0.6 is 0 Å². The fourth-order valence-corrected chi connectivity index (χ4v) is 3.81. The third-order valence-corrected chi connectivity index (χ3v) is 4.98. The first-order valence-electron chi connectivity index (χ1n) is 9.03. The smallest absolute Gasteiger partial charge is 0.325 e. The van der Waals surface area contributed by atoms with Gasteiger partial charge in [-0.15, -0.1) is 5.10 Å². The standard InChI is InChI=1S/C18H25N5O3/c1-12-8-16(13(2)23(12)15-6-4-3-5-7-15)18(26)19-9-14-10-22(21-20-14)11-17(24)25/h8,10,15H,3-7,9,11H2,1-2H3,(H,19,26)(H,24,25). The molecule has 0 radical (unpaired) electrons. The van der Waals surface area contributed by atoms with Crippen LogP contribution in [0.15, 0.2) is 12.3 Å². The zero-order chi connectivity index (χ0) is 18.7. The number of aliphatic carboxylic acids is 1. The third-order valence-electron chi connectivity index (χ3n) is 4.98. The van der Waals surface area contributed by atoms with E-state index in [9.17, 15) is 9.59 Å². The molecule has 3 rings (SSSR count). The lowest BCUT2D eigenvalue weighted by Gasteiger charge is -2.26. The van der Waals surface area contributed by atoms with E-state index in [1.807, 2.05) is 13.0 Å². The zero-order valence-corrected chi connectivity index (χ0v) is 15.2. The molecule has 140 valence electrons. The number of carbonyl (C=O) groups excluding carboxylic acids is 1. The summed E-state index contributed by atoms with van der Waals surface area (Å²) in [7, 11) is 0. The highest BCUT2D eigenvalue weighted by atomic mass is 16.4. The number of aromatic nitrogens is 4. The molecule has 2 aromatic heterocycles. The van der Waals surface area contributed by atoms with Crippen molar-refractivity contribution in [2.45, 2.75) is 65.1 Å². The average molecular weight is 359 g/mol. The van der Waals surface area contributed by atoms with Gasteiger partial charge >= 0.3 is 5.97 Å². The van der Waals surface area contributed by atoms with Crippen LogP contribution in [0.4, 0.5) is 0 Å². The highest BCUT2D eigenvalue weighted by Gasteiger charge is 2.22. The molecular weight excluding hydrogens is 334 g/mol. The topological polar surface area (TPSA) is 102 Å². The maximum absolute atomic E-state index is 12.6. The van der Waals surface area contributed by atoms with Crippen LogP contribution in [0.1, 0.15) is 65.6 Å². The summed E-state index contributed by atoms with van der Waals surface area (Å²) in [5.41, 5.74) is 3.33. The number of carbonyl (C=O) groups is 2. The van der Waals surface area contributed by atoms with Crippen LogP contribution in [0.5, 0.6) is 0 Å². The molecule has 0 bridgehead atoms. The lowest BCUT2D eigenvalue weighted by Crippen LogP contribution is -2.24. The lowest BCUT2D eigenvalue weighted by atomic mass is 9.95. The molecule has 8 heteroatoms. The minimum absolute atomic E-state index is 0.145. The summed E-state index contributed by atoms with van der Waals surface area (Å²) >= 11 is 0. The van der Waals surface area contributed by atoms with E-state index < -0.39 is 5.97 Å². The first-order valence-corrected chi connectivity index (χ1v) is 9.03. The SMILES string of the molecule is Cc1cc(C(=O)NCc2cn(CC(=O)O)nn2)c(C)n1C1CCCCC1. The van der Waals surface area contributed by atoms with Crippen LogP contribution in [0, 0.1) is 13.8 Å². The van der Waals surface area contributed by atoms with Gasteiger partial charge < -0.3 is 15.0 Å². The van der Waals surface area contributed by atoms with E-state index in [4.69, 9.17) is 5.11 Å². The molecule has 0 unspecified atom stereocenters. The highest BCUT2D eigenvalue weighted by Crippen LogP contribution is 2.32. The molecule has 26 heavy (non-hydrogen) atoms. The average Bonchev–Trinajstić information content (AvgIpc) is 3.17. The number of aryl methyl sites for hydroxylation is 1. The Kier molecular flexibility index (Phi) is 5.39. The second-order valence-electron chi connectivity index (χ2n) is 6.93. The summed E-state index contributed by atoms with van der Waals surface area (Å²) in [5.74, 6) is -1.13. The van der Waals surface area contributed by atoms with Gasteiger partial charge in [-0.25, -0.2) is 4.68 Å². The molecule has 1 aliphatic rings. The quantitative estimate of drug-likeness (QED) is 0.823. The van der Waals surface area contributed by atoms with Crippen molar-refractivity contribution in [1.82, 2.24) is 24.9 Å². The Bertz CT molecular complexity index is 802. The summed E-state index contributed by atoms with van der Waals surface area (Å²) in [6.45, 7) is 4.02. The van der Waals surface area contributed by atoms with Crippen molar-refractivity contribution in [3.05, 3.63) is 34.9 Å². The molecule has 2 heterocycles. The fraction of sp³-hybridized carbons (Fsp3) is 0.556. The molecule has 0 saturated heterocycles. The largest absolute Gasteiger partial charge is 0.480 e. The van der Waals surface area contributed by atoms with Gasteiger partial charge in [0.1, 0.15) is 12.2 Å². The Labute approximate surface area is 152 Å². The van der Waals surface area contributed by atoms with Crippen molar-refractivity contribution in [2.24, 2.45) is 0 Å². The van der Waals surface area contributed by atoms with Gasteiger partial charge in [-0.05, 0) is 32.8 Å².